The second kappa shape index (κ2) is 27.7. The standard InChI is InChI=1S/C64H104O31/c1-24-35(68)49(93-53-44(77)40(73)30(23-86-53)90-54-46(79)42(75)38(71)28(20-66)89-54)48(81)56(87-24)94-50-36(69)26(67)21-84-57(50)92-33-12-13-61(6)31(60(33,4)5)11-14-63(8)32(61)10-9-25-34-51(82)59(2,3)15-17-64(34,18-16-62(25,63)7)58(83)95-55-47(80)43(76)39(72)29(91-55)22-85-52-45(78)41(74)37(70)27(19-65)88-52/h9,24,26-57,65-82H,10-23H2,1-8H3/t24-,26+,27+,28+,29+,30+,31-,32+,33-,34+,35-,36+,37+,38+,39+,40-,41-,42-,43-,44+,45+,46+,47+,48+,49+,50-,51-,52+,53-,54-,55-,56-,57-,61-,62+,63+,64-/m0/s1. The molecular weight excluding hydrogens is 1260 g/mol. The van der Waals surface area contributed by atoms with Crippen LogP contribution in [0.5, 0.6) is 0 Å². The average Bonchev–Trinajstić information content (AvgIpc) is 0.673. The van der Waals surface area contributed by atoms with Crippen molar-refractivity contribution in [2.75, 3.05) is 33.0 Å². The summed E-state index contributed by atoms with van der Waals surface area (Å²) in [6.45, 7) is 13.6. The molecule has 4 saturated carbocycles. The van der Waals surface area contributed by atoms with Gasteiger partial charge in [0, 0.05) is 5.92 Å². The van der Waals surface area contributed by atoms with Gasteiger partial charge in [-0.25, -0.2) is 0 Å². The van der Waals surface area contributed by atoms with Crippen molar-refractivity contribution in [2.45, 2.75) is 297 Å². The van der Waals surface area contributed by atoms with Gasteiger partial charge in [0.05, 0.1) is 56.8 Å². The molecule has 6 heterocycles. The number of allylic oxidation sites excluding steroid dienone is 1. The van der Waals surface area contributed by atoms with E-state index in [-0.39, 0.29) is 35.7 Å². The molecule has 0 spiro atoms. The summed E-state index contributed by atoms with van der Waals surface area (Å²) >= 11 is 0. The molecule has 0 radical (unpaired) electrons. The first-order valence-corrected chi connectivity index (χ1v) is 33.6. The molecule has 10 fully saturated rings. The van der Waals surface area contributed by atoms with Crippen molar-refractivity contribution in [2.24, 2.45) is 50.2 Å². The third-order valence-electron chi connectivity index (χ3n) is 25.0. The lowest BCUT2D eigenvalue weighted by Crippen LogP contribution is -2.67. The molecule has 11 rings (SSSR count). The number of hydrogen-bond donors (Lipinski definition) is 18. The van der Waals surface area contributed by atoms with Gasteiger partial charge in [0.25, 0.3) is 0 Å². The monoisotopic (exact) mass is 1370 g/mol. The van der Waals surface area contributed by atoms with Crippen LogP contribution in [0.3, 0.4) is 0 Å². The van der Waals surface area contributed by atoms with E-state index in [0.29, 0.717) is 38.5 Å². The maximum Gasteiger partial charge on any atom is 0.315 e. The first kappa shape index (κ1) is 74.2. The summed E-state index contributed by atoms with van der Waals surface area (Å²) in [5, 5.41) is 196. The number of carbonyl (C=O) groups is 1. The minimum absolute atomic E-state index is 0.0390. The average molecular weight is 1370 g/mol. The van der Waals surface area contributed by atoms with Gasteiger partial charge in [0.1, 0.15) is 128 Å². The highest BCUT2D eigenvalue weighted by Crippen LogP contribution is 2.76. The van der Waals surface area contributed by atoms with Gasteiger partial charge in [-0.3, -0.25) is 4.79 Å². The van der Waals surface area contributed by atoms with Gasteiger partial charge in [0.2, 0.25) is 6.29 Å². The van der Waals surface area contributed by atoms with Crippen LogP contribution in [-0.2, 0) is 61.6 Å². The van der Waals surface area contributed by atoms with Crippen LogP contribution in [0.25, 0.3) is 0 Å². The van der Waals surface area contributed by atoms with Crippen LogP contribution in [-0.4, -0.2) is 315 Å². The van der Waals surface area contributed by atoms with E-state index in [0.717, 1.165) is 18.4 Å². The highest BCUT2D eigenvalue weighted by atomic mass is 16.8. The summed E-state index contributed by atoms with van der Waals surface area (Å²) < 4.78 is 71.1. The Bertz CT molecular complexity index is 2670. The molecule has 0 amide bonds. The van der Waals surface area contributed by atoms with Crippen molar-refractivity contribution in [3.63, 3.8) is 0 Å². The Morgan fingerprint density at radius 3 is 1.72 bits per heavy atom. The zero-order valence-corrected chi connectivity index (χ0v) is 54.9. The molecule has 546 valence electrons. The number of fused-ring (bicyclic) bond motifs is 7. The number of carbonyl (C=O) groups excluding carboxylic acids is 1. The number of ether oxygens (including phenoxy) is 12. The molecule has 6 aliphatic heterocycles. The van der Waals surface area contributed by atoms with E-state index < -0.39 is 244 Å². The van der Waals surface area contributed by atoms with E-state index >= 15 is 4.79 Å². The Kier molecular flexibility index (Phi) is 21.6. The fourth-order valence-corrected chi connectivity index (χ4v) is 18.7. The highest BCUT2D eigenvalue weighted by Gasteiger charge is 2.72. The van der Waals surface area contributed by atoms with Crippen LogP contribution < -0.4 is 0 Å². The molecule has 37 atom stereocenters. The van der Waals surface area contributed by atoms with Crippen molar-refractivity contribution < 1.29 is 154 Å². The molecule has 95 heavy (non-hydrogen) atoms. The molecule has 0 aromatic heterocycles. The zero-order chi connectivity index (χ0) is 69.3. The van der Waals surface area contributed by atoms with Gasteiger partial charge in [-0.1, -0.05) is 60.1 Å². The predicted molar refractivity (Wildman–Crippen MR) is 316 cm³/mol. The summed E-state index contributed by atoms with van der Waals surface area (Å²) in [7, 11) is 0. The van der Waals surface area contributed by atoms with Crippen molar-refractivity contribution in [3.8, 4) is 0 Å². The number of aliphatic hydroxyl groups excluding tert-OH is 18. The Morgan fingerprint density at radius 2 is 1.06 bits per heavy atom. The quantitative estimate of drug-likeness (QED) is 0.0414. The summed E-state index contributed by atoms with van der Waals surface area (Å²) in [4.78, 5) is 15.2. The van der Waals surface area contributed by atoms with E-state index in [1.54, 1.807) is 0 Å². The van der Waals surface area contributed by atoms with E-state index in [1.807, 2.05) is 13.8 Å². The predicted octanol–water partition coefficient (Wildman–Crippen LogP) is -5.11. The first-order valence-electron chi connectivity index (χ1n) is 33.6. The maximum absolute atomic E-state index is 15.2. The molecule has 11 aliphatic rings. The Morgan fingerprint density at radius 1 is 0.505 bits per heavy atom. The number of aliphatic hydroxyl groups is 18. The number of esters is 1. The molecule has 0 aromatic carbocycles. The fourth-order valence-electron chi connectivity index (χ4n) is 18.7. The van der Waals surface area contributed by atoms with Crippen LogP contribution in [0.2, 0.25) is 0 Å². The lowest BCUT2D eigenvalue weighted by atomic mass is 9.33. The lowest BCUT2D eigenvalue weighted by Gasteiger charge is -2.71. The van der Waals surface area contributed by atoms with E-state index in [9.17, 15) is 91.9 Å². The van der Waals surface area contributed by atoms with Gasteiger partial charge in [-0.15, -0.1) is 0 Å². The smallest absolute Gasteiger partial charge is 0.315 e. The van der Waals surface area contributed by atoms with Crippen molar-refractivity contribution >= 4 is 5.97 Å². The highest BCUT2D eigenvalue weighted by molar-refractivity contribution is 5.79. The van der Waals surface area contributed by atoms with Gasteiger partial charge in [-0.2, -0.15) is 0 Å². The van der Waals surface area contributed by atoms with Gasteiger partial charge in [0.15, 0.2) is 31.5 Å². The zero-order valence-electron chi connectivity index (χ0n) is 54.9. The SMILES string of the molecule is C[C@@H]1O[C@@H](O[C@@H]2[C@H](O[C@H]3CC[C@]4(C)[C@H]5CC=C6[C@@H]7[C@H](O)C(C)(C)CC[C@]7(C(=O)O[C@@H]7O[C@H](CO[C@@H]8O[C@H](CO)[C@@H](O)[C@H](O)[C@H]8O)[C@@H](O)[C@H](O)[C@H]7O)CC[C@@]6(C)[C@]5(C)CC[C@H]4C3(C)C)OC[C@@H](O)[C@H]2O)[C@H](O)[C@H](O[C@@H]2OC[C@@H](O[C@@H]3O[C@H](CO)[C@@H](O)[C@H](O)[C@H]3O)[C@H](O)[C@H]2O)[C@H]1O. The lowest BCUT2D eigenvalue weighted by molar-refractivity contribution is -0.382. The molecule has 31 heteroatoms. The normalized spacial score (nSPS) is 54.6. The molecule has 6 saturated heterocycles. The second-order valence-corrected chi connectivity index (χ2v) is 31.0. The number of hydrogen-bond acceptors (Lipinski definition) is 31. The molecule has 0 aromatic rings. The van der Waals surface area contributed by atoms with Gasteiger partial charge < -0.3 is 149 Å². The first-order chi connectivity index (χ1) is 44.5. The van der Waals surface area contributed by atoms with Crippen LogP contribution in [0.15, 0.2) is 11.6 Å². The fraction of sp³-hybridized carbons (Fsp3) is 0.953. The van der Waals surface area contributed by atoms with Crippen molar-refractivity contribution in [3.05, 3.63) is 11.6 Å². The summed E-state index contributed by atoms with van der Waals surface area (Å²) in [5.74, 6) is -1.38. The Balaban J connectivity index is 0.764. The van der Waals surface area contributed by atoms with E-state index in [1.165, 1.54) is 6.92 Å². The molecular formula is C64H104O31. The molecule has 31 nitrogen and oxygen atoms in total. The maximum atomic E-state index is 15.2. The van der Waals surface area contributed by atoms with Crippen LogP contribution in [0.4, 0.5) is 0 Å². The third-order valence-corrected chi connectivity index (χ3v) is 25.0. The van der Waals surface area contributed by atoms with Crippen LogP contribution in [0.1, 0.15) is 113 Å². The molecule has 5 aliphatic carbocycles. The van der Waals surface area contributed by atoms with Gasteiger partial charge in [-0.05, 0) is 104 Å². The van der Waals surface area contributed by atoms with Crippen LogP contribution >= 0.6 is 0 Å². The topological polar surface area (TPSA) is 492 Å². The van der Waals surface area contributed by atoms with Crippen LogP contribution in [0, 0.1) is 50.2 Å². The summed E-state index contributed by atoms with van der Waals surface area (Å²) in [5.41, 5.74) is -2.83. The number of rotatable bonds is 15. The largest absolute Gasteiger partial charge is 0.432 e. The Labute approximate surface area is 550 Å². The third kappa shape index (κ3) is 12.6. The minimum atomic E-state index is -1.93. The Hall–Kier alpha value is -1.95. The second-order valence-electron chi connectivity index (χ2n) is 31.0. The summed E-state index contributed by atoms with van der Waals surface area (Å²) in [6.07, 6.45) is -40.6. The summed E-state index contributed by atoms with van der Waals surface area (Å²) in [6, 6.07) is 0. The molecule has 0 bridgehead atoms. The molecule has 0 unspecified atom stereocenters. The van der Waals surface area contributed by atoms with E-state index in [4.69, 9.17) is 56.8 Å². The minimum Gasteiger partial charge on any atom is -0.432 e. The van der Waals surface area contributed by atoms with Crippen molar-refractivity contribution in [1.82, 2.24) is 0 Å². The van der Waals surface area contributed by atoms with Crippen molar-refractivity contribution in [1.29, 1.82) is 0 Å². The van der Waals surface area contributed by atoms with E-state index in [2.05, 4.69) is 40.7 Å². The molecule has 18 N–H and O–H groups in total. The van der Waals surface area contributed by atoms with Gasteiger partial charge >= 0.3 is 5.97 Å².